The Morgan fingerprint density at radius 1 is 1.30 bits per heavy atom. The van der Waals surface area contributed by atoms with Gasteiger partial charge in [0, 0.05) is 18.2 Å². The lowest BCUT2D eigenvalue weighted by atomic mass is 10.1. The highest BCUT2D eigenvalue weighted by Gasteiger charge is 2.28. The summed E-state index contributed by atoms with van der Waals surface area (Å²) in [5, 5.41) is 0.276. The van der Waals surface area contributed by atoms with Crippen molar-refractivity contribution in [3.63, 3.8) is 0 Å². The third kappa shape index (κ3) is 3.07. The number of aromatic nitrogens is 4. The Hall–Kier alpha value is -2.48. The molecule has 9 heteroatoms. The minimum Gasteiger partial charge on any atom is -0.368 e. The van der Waals surface area contributed by atoms with Crippen LogP contribution in [0.3, 0.4) is 0 Å². The Kier molecular flexibility index (Phi) is 4.38. The van der Waals surface area contributed by atoms with E-state index in [0.29, 0.717) is 35.7 Å². The summed E-state index contributed by atoms with van der Waals surface area (Å²) in [7, 11) is 0. The lowest BCUT2D eigenvalue weighted by Gasteiger charge is -2.21. The molecule has 1 aliphatic rings. The van der Waals surface area contributed by atoms with E-state index < -0.39 is 12.0 Å². The van der Waals surface area contributed by atoms with Crippen molar-refractivity contribution in [1.82, 2.24) is 19.5 Å². The van der Waals surface area contributed by atoms with Crippen LogP contribution in [0, 0.1) is 5.82 Å². The number of imidazole rings is 1. The number of benzene rings is 1. The Bertz CT molecular complexity index is 1020. The molecule has 1 fully saturated rings. The molecule has 1 unspecified atom stereocenters. The zero-order valence-corrected chi connectivity index (χ0v) is 15.7. The first-order valence-electron chi connectivity index (χ1n) is 8.74. The smallest absolute Gasteiger partial charge is 0.220 e. The van der Waals surface area contributed by atoms with Crippen molar-refractivity contribution in [2.24, 2.45) is 0 Å². The van der Waals surface area contributed by atoms with Gasteiger partial charge in [-0.3, -0.25) is 0 Å². The van der Waals surface area contributed by atoms with Crippen molar-refractivity contribution in [3.8, 4) is 11.3 Å². The highest BCUT2D eigenvalue weighted by molar-refractivity contribution is 6.33. The Labute approximate surface area is 160 Å². The number of halogens is 3. The van der Waals surface area contributed by atoms with Crippen molar-refractivity contribution >= 4 is 34.5 Å². The fourth-order valence-electron chi connectivity index (χ4n) is 3.49. The first-order chi connectivity index (χ1) is 12.8. The van der Waals surface area contributed by atoms with E-state index in [1.54, 1.807) is 6.07 Å². The molecule has 1 atom stereocenters. The molecule has 0 spiro atoms. The normalized spacial score (nSPS) is 17.4. The SMILES string of the molecule is CC(C)n1c(N2CCC(F)C2)nc2c(F)cc(-c3nc(N)ncc3Cl)cc21. The maximum Gasteiger partial charge on any atom is 0.220 e. The van der Waals surface area contributed by atoms with Gasteiger partial charge in [0.2, 0.25) is 11.9 Å². The molecule has 27 heavy (non-hydrogen) atoms. The Balaban J connectivity index is 1.93. The van der Waals surface area contributed by atoms with Crippen LogP contribution in [-0.2, 0) is 0 Å². The van der Waals surface area contributed by atoms with Crippen LogP contribution < -0.4 is 10.6 Å². The van der Waals surface area contributed by atoms with Gasteiger partial charge in [-0.1, -0.05) is 11.6 Å². The van der Waals surface area contributed by atoms with Crippen LogP contribution in [0.25, 0.3) is 22.3 Å². The summed E-state index contributed by atoms with van der Waals surface area (Å²) in [6.45, 7) is 4.78. The van der Waals surface area contributed by atoms with Gasteiger partial charge < -0.3 is 15.2 Å². The highest BCUT2D eigenvalue weighted by Crippen LogP contribution is 2.35. The molecule has 142 valence electrons. The van der Waals surface area contributed by atoms with Crippen LogP contribution >= 0.6 is 11.6 Å². The number of rotatable bonds is 3. The second-order valence-corrected chi connectivity index (χ2v) is 7.37. The van der Waals surface area contributed by atoms with Crippen LogP contribution in [0.15, 0.2) is 18.3 Å². The van der Waals surface area contributed by atoms with Crippen LogP contribution in [0.1, 0.15) is 26.3 Å². The number of anilines is 2. The van der Waals surface area contributed by atoms with E-state index in [0.717, 1.165) is 0 Å². The van der Waals surface area contributed by atoms with Gasteiger partial charge in [-0.2, -0.15) is 0 Å². The van der Waals surface area contributed by atoms with Gasteiger partial charge in [-0.15, -0.1) is 0 Å². The lowest BCUT2D eigenvalue weighted by Crippen LogP contribution is -2.24. The number of nitrogen functional groups attached to an aromatic ring is 1. The average Bonchev–Trinajstić information content (AvgIpc) is 3.20. The summed E-state index contributed by atoms with van der Waals surface area (Å²) in [5.41, 5.74) is 7.34. The summed E-state index contributed by atoms with van der Waals surface area (Å²) in [6.07, 6.45) is 0.941. The Morgan fingerprint density at radius 3 is 2.74 bits per heavy atom. The largest absolute Gasteiger partial charge is 0.368 e. The first-order valence-corrected chi connectivity index (χ1v) is 9.12. The summed E-state index contributed by atoms with van der Waals surface area (Å²) in [4.78, 5) is 14.3. The molecule has 3 aromatic rings. The van der Waals surface area contributed by atoms with Crippen LogP contribution in [0.4, 0.5) is 20.7 Å². The van der Waals surface area contributed by atoms with E-state index in [-0.39, 0.29) is 29.1 Å². The fourth-order valence-corrected chi connectivity index (χ4v) is 3.69. The number of alkyl halides is 1. The van der Waals surface area contributed by atoms with Crippen molar-refractivity contribution in [3.05, 3.63) is 29.2 Å². The number of hydrogen-bond acceptors (Lipinski definition) is 5. The molecule has 1 aliphatic heterocycles. The molecule has 2 aromatic heterocycles. The zero-order valence-electron chi connectivity index (χ0n) is 15.0. The van der Waals surface area contributed by atoms with E-state index >= 15 is 0 Å². The van der Waals surface area contributed by atoms with Gasteiger partial charge in [0.05, 0.1) is 29.0 Å². The first kappa shape index (κ1) is 17.9. The number of fused-ring (bicyclic) bond motifs is 1. The molecule has 0 saturated carbocycles. The molecule has 0 radical (unpaired) electrons. The van der Waals surface area contributed by atoms with E-state index in [1.165, 1.54) is 12.3 Å². The maximum atomic E-state index is 14.9. The van der Waals surface area contributed by atoms with Crippen molar-refractivity contribution in [2.45, 2.75) is 32.5 Å². The quantitative estimate of drug-likeness (QED) is 0.729. The molecule has 1 saturated heterocycles. The van der Waals surface area contributed by atoms with Gasteiger partial charge >= 0.3 is 0 Å². The molecule has 0 aliphatic carbocycles. The number of nitrogens with zero attached hydrogens (tertiary/aromatic N) is 5. The van der Waals surface area contributed by atoms with Crippen LogP contribution in [0.2, 0.25) is 5.02 Å². The van der Waals surface area contributed by atoms with E-state index in [1.807, 2.05) is 23.3 Å². The molecule has 4 rings (SSSR count). The van der Waals surface area contributed by atoms with Gasteiger partial charge in [-0.05, 0) is 32.4 Å². The third-order valence-electron chi connectivity index (χ3n) is 4.70. The summed E-state index contributed by atoms with van der Waals surface area (Å²) in [5.74, 6) is 0.135. The summed E-state index contributed by atoms with van der Waals surface area (Å²) < 4.78 is 30.5. The topological polar surface area (TPSA) is 72.9 Å². The van der Waals surface area contributed by atoms with E-state index in [4.69, 9.17) is 17.3 Å². The minimum atomic E-state index is -0.895. The predicted octanol–water partition coefficient (Wildman–Crippen LogP) is 4.00. The maximum absolute atomic E-state index is 14.9. The van der Waals surface area contributed by atoms with E-state index in [2.05, 4.69) is 15.0 Å². The van der Waals surface area contributed by atoms with Gasteiger partial charge in [0.25, 0.3) is 0 Å². The lowest BCUT2D eigenvalue weighted by molar-refractivity contribution is 0.364. The van der Waals surface area contributed by atoms with Crippen LogP contribution in [0.5, 0.6) is 0 Å². The Morgan fingerprint density at radius 2 is 2.07 bits per heavy atom. The molecule has 1 aromatic carbocycles. The minimum absolute atomic E-state index is 0.00394. The predicted molar refractivity (Wildman–Crippen MR) is 102 cm³/mol. The molecule has 0 bridgehead atoms. The zero-order chi connectivity index (χ0) is 19.3. The highest BCUT2D eigenvalue weighted by atomic mass is 35.5. The van der Waals surface area contributed by atoms with Crippen molar-refractivity contribution < 1.29 is 8.78 Å². The fraction of sp³-hybridized carbons (Fsp3) is 0.389. The van der Waals surface area contributed by atoms with Crippen molar-refractivity contribution in [1.29, 1.82) is 0 Å². The van der Waals surface area contributed by atoms with E-state index in [9.17, 15) is 8.78 Å². The molecule has 3 heterocycles. The molecular weight excluding hydrogens is 374 g/mol. The second-order valence-electron chi connectivity index (χ2n) is 6.96. The second kappa shape index (κ2) is 6.60. The summed E-state index contributed by atoms with van der Waals surface area (Å²) >= 11 is 6.19. The van der Waals surface area contributed by atoms with Crippen LogP contribution in [-0.4, -0.2) is 38.8 Å². The van der Waals surface area contributed by atoms with Crippen molar-refractivity contribution in [2.75, 3.05) is 23.7 Å². The van der Waals surface area contributed by atoms with Gasteiger partial charge in [0.1, 0.15) is 11.7 Å². The average molecular weight is 393 g/mol. The van der Waals surface area contributed by atoms with Gasteiger partial charge in [0.15, 0.2) is 5.82 Å². The monoisotopic (exact) mass is 392 g/mol. The number of nitrogens with two attached hydrogens (primary N) is 1. The van der Waals surface area contributed by atoms with Gasteiger partial charge in [-0.25, -0.2) is 23.7 Å². The molecule has 6 nitrogen and oxygen atoms in total. The molecule has 2 N–H and O–H groups in total. The standard InChI is InChI=1S/C18H19ClF2N6/c1-9(2)27-14-6-10(15-12(19)7-23-17(22)24-15)5-13(21)16(14)25-18(27)26-4-3-11(20)8-26/h5-7,9,11H,3-4,8H2,1-2H3,(H2,22,23,24). The third-order valence-corrected chi connectivity index (χ3v) is 4.97. The molecular formula is C18H19ClF2N6. The molecule has 0 amide bonds. The number of hydrogen-bond donors (Lipinski definition) is 1. The summed E-state index contributed by atoms with van der Waals surface area (Å²) in [6, 6.07) is 3.12.